The largest absolute Gasteiger partial charge is 0.0848 e. The Labute approximate surface area is 81.4 Å². The van der Waals surface area contributed by atoms with Crippen molar-refractivity contribution in [2.75, 3.05) is 0 Å². The van der Waals surface area contributed by atoms with E-state index in [-0.39, 0.29) is 0 Å². The minimum atomic E-state index is 0.970. The van der Waals surface area contributed by atoms with Crippen molar-refractivity contribution in [3.05, 3.63) is 12.2 Å². The lowest BCUT2D eigenvalue weighted by Crippen LogP contribution is -2.33. The van der Waals surface area contributed by atoms with Crippen molar-refractivity contribution in [1.82, 2.24) is 0 Å². The second-order valence-corrected chi connectivity index (χ2v) is 5.74. The zero-order valence-corrected chi connectivity index (χ0v) is 8.74. The van der Waals surface area contributed by atoms with Gasteiger partial charge in [-0.05, 0) is 54.8 Å². The van der Waals surface area contributed by atoms with Crippen LogP contribution in [0.2, 0.25) is 0 Å². The highest BCUT2D eigenvalue weighted by molar-refractivity contribution is 5.15. The first-order valence-electron chi connectivity index (χ1n) is 5.94. The van der Waals surface area contributed by atoms with Crippen LogP contribution in [-0.2, 0) is 0 Å². The first kappa shape index (κ1) is 8.08. The SMILES string of the molecule is CC1CC(C)C2C3C=CC(C3)C2C1. The monoisotopic (exact) mass is 176 g/mol. The van der Waals surface area contributed by atoms with Gasteiger partial charge in [-0.15, -0.1) is 0 Å². The lowest BCUT2D eigenvalue weighted by atomic mass is 9.65. The molecule has 0 heteroatoms. The van der Waals surface area contributed by atoms with Gasteiger partial charge in [0.2, 0.25) is 0 Å². The van der Waals surface area contributed by atoms with Crippen molar-refractivity contribution >= 4 is 0 Å². The standard InChI is InChI=1S/C13H20/c1-8-5-9(2)13-11-4-3-10(7-11)12(13)6-8/h3-4,8-13H,5-7H2,1-2H3. The van der Waals surface area contributed by atoms with Gasteiger partial charge in [0.15, 0.2) is 0 Å². The summed E-state index contributed by atoms with van der Waals surface area (Å²) in [6, 6.07) is 0. The highest BCUT2D eigenvalue weighted by Crippen LogP contribution is 2.56. The number of hydrogen-bond donors (Lipinski definition) is 0. The van der Waals surface area contributed by atoms with Gasteiger partial charge in [0.05, 0.1) is 0 Å². The van der Waals surface area contributed by atoms with E-state index < -0.39 is 0 Å². The molecule has 0 aliphatic heterocycles. The van der Waals surface area contributed by atoms with Crippen molar-refractivity contribution in [2.24, 2.45) is 35.5 Å². The molecule has 3 aliphatic rings. The topological polar surface area (TPSA) is 0 Å². The van der Waals surface area contributed by atoms with E-state index in [1.54, 1.807) is 0 Å². The fourth-order valence-electron chi connectivity index (χ4n) is 4.49. The molecule has 13 heavy (non-hydrogen) atoms. The summed E-state index contributed by atoms with van der Waals surface area (Å²) in [4.78, 5) is 0. The lowest BCUT2D eigenvalue weighted by molar-refractivity contribution is 0.114. The maximum absolute atomic E-state index is 2.51. The summed E-state index contributed by atoms with van der Waals surface area (Å²) in [6.07, 6.45) is 9.51. The molecule has 0 N–H and O–H groups in total. The van der Waals surface area contributed by atoms with Crippen LogP contribution in [0.25, 0.3) is 0 Å². The van der Waals surface area contributed by atoms with E-state index in [0.717, 1.165) is 35.5 Å². The van der Waals surface area contributed by atoms with Gasteiger partial charge in [0, 0.05) is 0 Å². The number of rotatable bonds is 0. The third kappa shape index (κ3) is 1.04. The van der Waals surface area contributed by atoms with E-state index in [0.29, 0.717) is 0 Å². The van der Waals surface area contributed by atoms with Gasteiger partial charge in [-0.3, -0.25) is 0 Å². The average Bonchev–Trinajstić information content (AvgIpc) is 2.62. The third-order valence-corrected chi connectivity index (χ3v) is 4.79. The maximum atomic E-state index is 2.51. The van der Waals surface area contributed by atoms with E-state index in [9.17, 15) is 0 Å². The lowest BCUT2D eigenvalue weighted by Gasteiger charge is -2.40. The molecule has 0 nitrogen and oxygen atoms in total. The highest BCUT2D eigenvalue weighted by Gasteiger charge is 2.48. The smallest absolute Gasteiger partial charge is 0.0194 e. The Balaban J connectivity index is 1.89. The molecule has 0 radical (unpaired) electrons. The Kier molecular flexibility index (Phi) is 1.63. The predicted molar refractivity (Wildman–Crippen MR) is 55.3 cm³/mol. The van der Waals surface area contributed by atoms with E-state index >= 15 is 0 Å². The normalized spacial score (nSPS) is 58.3. The van der Waals surface area contributed by atoms with Gasteiger partial charge < -0.3 is 0 Å². The van der Waals surface area contributed by atoms with Gasteiger partial charge >= 0.3 is 0 Å². The molecular formula is C13H20. The number of fused-ring (bicyclic) bond motifs is 5. The molecule has 2 bridgehead atoms. The quantitative estimate of drug-likeness (QED) is 0.496. The van der Waals surface area contributed by atoms with E-state index in [1.807, 2.05) is 0 Å². The van der Waals surface area contributed by atoms with Crippen LogP contribution in [0.4, 0.5) is 0 Å². The van der Waals surface area contributed by atoms with Crippen molar-refractivity contribution in [1.29, 1.82) is 0 Å². The molecule has 0 aromatic carbocycles. The summed E-state index contributed by atoms with van der Waals surface area (Å²) in [6.45, 7) is 4.93. The summed E-state index contributed by atoms with van der Waals surface area (Å²) in [5.74, 6) is 6.05. The van der Waals surface area contributed by atoms with E-state index in [2.05, 4.69) is 26.0 Å². The Bertz CT molecular complexity index is 240. The molecule has 6 atom stereocenters. The zero-order chi connectivity index (χ0) is 9.00. The Morgan fingerprint density at radius 2 is 1.69 bits per heavy atom. The second kappa shape index (κ2) is 2.62. The molecular weight excluding hydrogens is 156 g/mol. The summed E-state index contributed by atoms with van der Waals surface area (Å²) < 4.78 is 0. The van der Waals surface area contributed by atoms with E-state index in [4.69, 9.17) is 0 Å². The number of hydrogen-bond acceptors (Lipinski definition) is 0. The molecule has 6 unspecified atom stereocenters. The number of allylic oxidation sites excluding steroid dienone is 2. The Morgan fingerprint density at radius 1 is 0.923 bits per heavy atom. The molecule has 2 fully saturated rings. The van der Waals surface area contributed by atoms with Crippen LogP contribution in [0.5, 0.6) is 0 Å². The van der Waals surface area contributed by atoms with E-state index in [1.165, 1.54) is 19.3 Å². The minimum absolute atomic E-state index is 0.970. The summed E-state index contributed by atoms with van der Waals surface area (Å²) in [5.41, 5.74) is 0. The maximum Gasteiger partial charge on any atom is -0.0194 e. The van der Waals surface area contributed by atoms with Crippen molar-refractivity contribution in [3.8, 4) is 0 Å². The van der Waals surface area contributed by atoms with Crippen molar-refractivity contribution < 1.29 is 0 Å². The van der Waals surface area contributed by atoms with Crippen LogP contribution in [0.1, 0.15) is 33.1 Å². The predicted octanol–water partition coefficient (Wildman–Crippen LogP) is 3.49. The molecule has 3 aliphatic carbocycles. The van der Waals surface area contributed by atoms with Crippen LogP contribution in [0.15, 0.2) is 12.2 Å². The molecule has 0 spiro atoms. The van der Waals surface area contributed by atoms with Crippen LogP contribution in [-0.4, -0.2) is 0 Å². The fourth-order valence-corrected chi connectivity index (χ4v) is 4.49. The van der Waals surface area contributed by atoms with Crippen LogP contribution in [0, 0.1) is 35.5 Å². The van der Waals surface area contributed by atoms with Gasteiger partial charge in [0.1, 0.15) is 0 Å². The summed E-state index contributed by atoms with van der Waals surface area (Å²) >= 11 is 0. The second-order valence-electron chi connectivity index (χ2n) is 5.74. The molecule has 72 valence electrons. The third-order valence-electron chi connectivity index (χ3n) is 4.79. The molecule has 0 saturated heterocycles. The highest BCUT2D eigenvalue weighted by atomic mass is 14.5. The Hall–Kier alpha value is -0.260. The van der Waals surface area contributed by atoms with Crippen LogP contribution < -0.4 is 0 Å². The summed E-state index contributed by atoms with van der Waals surface area (Å²) in [7, 11) is 0. The molecule has 3 rings (SSSR count). The van der Waals surface area contributed by atoms with Crippen molar-refractivity contribution in [3.63, 3.8) is 0 Å². The molecule has 0 amide bonds. The van der Waals surface area contributed by atoms with Gasteiger partial charge in [-0.1, -0.05) is 26.0 Å². The minimum Gasteiger partial charge on any atom is -0.0848 e. The van der Waals surface area contributed by atoms with Gasteiger partial charge in [-0.2, -0.15) is 0 Å². The summed E-state index contributed by atoms with van der Waals surface area (Å²) in [5, 5.41) is 0. The fraction of sp³-hybridized carbons (Fsp3) is 0.846. The first-order valence-corrected chi connectivity index (χ1v) is 5.94. The Morgan fingerprint density at radius 3 is 2.54 bits per heavy atom. The zero-order valence-electron chi connectivity index (χ0n) is 8.74. The molecule has 2 saturated carbocycles. The molecule has 0 heterocycles. The van der Waals surface area contributed by atoms with Gasteiger partial charge in [-0.25, -0.2) is 0 Å². The van der Waals surface area contributed by atoms with Gasteiger partial charge in [0.25, 0.3) is 0 Å². The molecule has 0 aromatic rings. The molecule has 0 aromatic heterocycles. The van der Waals surface area contributed by atoms with Crippen LogP contribution >= 0.6 is 0 Å². The average molecular weight is 176 g/mol. The first-order chi connectivity index (χ1) is 6.25. The van der Waals surface area contributed by atoms with Crippen LogP contribution in [0.3, 0.4) is 0 Å². The van der Waals surface area contributed by atoms with Crippen molar-refractivity contribution in [2.45, 2.75) is 33.1 Å².